The normalized spacial score (nSPS) is 13.3. The molecule has 5 nitrogen and oxygen atoms in total. The number of carbonyl (C=O) groups is 3. The first kappa shape index (κ1) is 15.4. The van der Waals surface area contributed by atoms with E-state index in [1.165, 1.54) is 7.11 Å². The van der Waals surface area contributed by atoms with Gasteiger partial charge in [0.15, 0.2) is 0 Å². The van der Waals surface area contributed by atoms with Crippen molar-refractivity contribution in [2.45, 2.75) is 6.92 Å². The van der Waals surface area contributed by atoms with Crippen molar-refractivity contribution in [1.29, 1.82) is 0 Å². The molecule has 0 aromatic heterocycles. The van der Waals surface area contributed by atoms with Gasteiger partial charge in [-0.1, -0.05) is 28.1 Å². The summed E-state index contributed by atoms with van der Waals surface area (Å²) in [5, 5.41) is 0. The summed E-state index contributed by atoms with van der Waals surface area (Å²) in [6, 6.07) is 9.84. The molecule has 0 saturated heterocycles. The Balaban J connectivity index is 2.22. The van der Waals surface area contributed by atoms with Crippen LogP contribution < -0.4 is 4.90 Å². The highest BCUT2D eigenvalue weighted by molar-refractivity contribution is 9.10. The van der Waals surface area contributed by atoms with Crippen molar-refractivity contribution in [3.63, 3.8) is 0 Å². The number of fused-ring (bicyclic) bond motifs is 1. The Morgan fingerprint density at radius 1 is 1.04 bits per heavy atom. The molecule has 0 atom stereocenters. The Morgan fingerprint density at radius 3 is 2.13 bits per heavy atom. The maximum absolute atomic E-state index is 12.6. The maximum atomic E-state index is 12.6. The van der Waals surface area contributed by atoms with Gasteiger partial charge in [-0.15, -0.1) is 0 Å². The minimum Gasteiger partial charge on any atom is -0.465 e. The van der Waals surface area contributed by atoms with Gasteiger partial charge in [0.05, 0.1) is 29.5 Å². The summed E-state index contributed by atoms with van der Waals surface area (Å²) in [6.45, 7) is 1.72. The van der Waals surface area contributed by atoms with E-state index in [1.807, 2.05) is 0 Å². The third-order valence-corrected chi connectivity index (χ3v) is 4.66. The third-order valence-electron chi connectivity index (χ3n) is 3.80. The van der Waals surface area contributed by atoms with Gasteiger partial charge in [-0.2, -0.15) is 0 Å². The summed E-state index contributed by atoms with van der Waals surface area (Å²) in [5.74, 6) is -1.50. The summed E-state index contributed by atoms with van der Waals surface area (Å²) < 4.78 is 5.50. The molecule has 1 aliphatic heterocycles. The highest BCUT2D eigenvalue weighted by atomic mass is 79.9. The van der Waals surface area contributed by atoms with E-state index in [0.29, 0.717) is 21.2 Å². The molecular formula is C17H12BrNO4. The topological polar surface area (TPSA) is 63.7 Å². The second-order valence-corrected chi connectivity index (χ2v) is 5.90. The Morgan fingerprint density at radius 2 is 1.61 bits per heavy atom. The van der Waals surface area contributed by atoms with Crippen LogP contribution in [0.4, 0.5) is 5.69 Å². The minimum absolute atomic E-state index is 0.191. The Labute approximate surface area is 141 Å². The summed E-state index contributed by atoms with van der Waals surface area (Å²) in [7, 11) is 1.26. The molecule has 0 spiro atoms. The first-order valence-electron chi connectivity index (χ1n) is 6.82. The lowest BCUT2D eigenvalue weighted by atomic mass is 10.1. The molecule has 2 aromatic carbocycles. The fourth-order valence-electron chi connectivity index (χ4n) is 2.63. The SMILES string of the molecule is COC(=O)c1c(N2C(=O)c3ccccc3C2=O)ccc(Br)c1C. The molecule has 3 rings (SSSR count). The number of methoxy groups -OCH3 is 1. The van der Waals surface area contributed by atoms with Crippen LogP contribution in [0.15, 0.2) is 40.9 Å². The molecule has 0 bridgehead atoms. The number of benzene rings is 2. The Bertz CT molecular complexity index is 825. The predicted molar refractivity (Wildman–Crippen MR) is 87.8 cm³/mol. The zero-order valence-electron chi connectivity index (χ0n) is 12.4. The summed E-state index contributed by atoms with van der Waals surface area (Å²) in [5.41, 5.74) is 1.67. The van der Waals surface area contributed by atoms with E-state index >= 15 is 0 Å². The number of rotatable bonds is 2. The number of ether oxygens (including phenoxy) is 1. The number of amides is 2. The number of halogens is 1. The van der Waals surface area contributed by atoms with Crippen molar-refractivity contribution in [3.8, 4) is 0 Å². The van der Waals surface area contributed by atoms with Gasteiger partial charge in [0.1, 0.15) is 0 Å². The molecule has 0 N–H and O–H groups in total. The average Bonchev–Trinajstić information content (AvgIpc) is 2.81. The number of carbonyl (C=O) groups excluding carboxylic acids is 3. The zero-order chi connectivity index (χ0) is 16.7. The van der Waals surface area contributed by atoms with Crippen molar-refractivity contribution in [3.05, 3.63) is 63.1 Å². The lowest BCUT2D eigenvalue weighted by Crippen LogP contribution is -2.31. The first-order valence-corrected chi connectivity index (χ1v) is 7.62. The van der Waals surface area contributed by atoms with Crippen LogP contribution in [0.2, 0.25) is 0 Å². The van der Waals surface area contributed by atoms with Gasteiger partial charge >= 0.3 is 5.97 Å². The van der Waals surface area contributed by atoms with Crippen LogP contribution in [0.5, 0.6) is 0 Å². The maximum Gasteiger partial charge on any atom is 0.340 e. The van der Waals surface area contributed by atoms with Gasteiger partial charge < -0.3 is 4.74 Å². The summed E-state index contributed by atoms with van der Waals surface area (Å²) in [6.07, 6.45) is 0. The van der Waals surface area contributed by atoms with Crippen LogP contribution in [-0.4, -0.2) is 24.9 Å². The molecule has 2 amide bonds. The molecule has 1 heterocycles. The standard InChI is InChI=1S/C17H12BrNO4/c1-9-12(18)7-8-13(14(9)17(22)23-2)19-15(20)10-5-3-4-6-11(10)16(19)21/h3-8H,1-2H3. The fourth-order valence-corrected chi connectivity index (χ4v) is 2.96. The van der Waals surface area contributed by atoms with E-state index in [0.717, 1.165) is 4.90 Å². The largest absolute Gasteiger partial charge is 0.465 e. The summed E-state index contributed by atoms with van der Waals surface area (Å²) >= 11 is 3.35. The van der Waals surface area contributed by atoms with Crippen LogP contribution in [0, 0.1) is 6.92 Å². The van der Waals surface area contributed by atoms with Crippen molar-refractivity contribution in [2.75, 3.05) is 12.0 Å². The van der Waals surface area contributed by atoms with Gasteiger partial charge in [0.2, 0.25) is 0 Å². The highest BCUT2D eigenvalue weighted by Gasteiger charge is 2.38. The number of imide groups is 1. The third kappa shape index (κ3) is 2.26. The summed E-state index contributed by atoms with van der Waals surface area (Å²) in [4.78, 5) is 38.4. The van der Waals surface area contributed by atoms with Crippen LogP contribution in [0.25, 0.3) is 0 Å². The minimum atomic E-state index is -0.602. The molecule has 0 unspecified atom stereocenters. The van der Waals surface area contributed by atoms with E-state index < -0.39 is 17.8 Å². The van der Waals surface area contributed by atoms with E-state index in [2.05, 4.69) is 15.9 Å². The molecule has 116 valence electrons. The van der Waals surface area contributed by atoms with Crippen LogP contribution in [0.1, 0.15) is 36.6 Å². The second-order valence-electron chi connectivity index (χ2n) is 5.05. The van der Waals surface area contributed by atoms with Crippen molar-refractivity contribution >= 4 is 39.4 Å². The lowest BCUT2D eigenvalue weighted by Gasteiger charge is -2.19. The van der Waals surface area contributed by atoms with Gasteiger partial charge in [-0.25, -0.2) is 9.69 Å². The van der Waals surface area contributed by atoms with Gasteiger partial charge in [0.25, 0.3) is 11.8 Å². The smallest absolute Gasteiger partial charge is 0.340 e. The molecular weight excluding hydrogens is 362 g/mol. The quantitative estimate of drug-likeness (QED) is 0.598. The monoisotopic (exact) mass is 373 g/mol. The van der Waals surface area contributed by atoms with Crippen molar-refractivity contribution in [2.24, 2.45) is 0 Å². The highest BCUT2D eigenvalue weighted by Crippen LogP contribution is 2.35. The van der Waals surface area contributed by atoms with Crippen LogP contribution in [0.3, 0.4) is 0 Å². The molecule has 6 heteroatoms. The number of hydrogen-bond donors (Lipinski definition) is 0. The Kier molecular flexibility index (Phi) is 3.77. The molecule has 0 aliphatic carbocycles. The molecule has 0 saturated carbocycles. The van der Waals surface area contributed by atoms with E-state index in [9.17, 15) is 14.4 Å². The number of hydrogen-bond acceptors (Lipinski definition) is 4. The lowest BCUT2D eigenvalue weighted by molar-refractivity contribution is 0.0601. The van der Waals surface area contributed by atoms with Crippen LogP contribution in [-0.2, 0) is 4.74 Å². The number of nitrogens with zero attached hydrogens (tertiary/aromatic N) is 1. The van der Waals surface area contributed by atoms with Crippen LogP contribution >= 0.6 is 15.9 Å². The molecule has 0 radical (unpaired) electrons. The number of esters is 1. The molecule has 2 aromatic rings. The number of anilines is 1. The van der Waals surface area contributed by atoms with Crippen molar-refractivity contribution in [1.82, 2.24) is 0 Å². The first-order chi connectivity index (χ1) is 11.0. The molecule has 1 aliphatic rings. The molecule has 0 fully saturated rings. The van der Waals surface area contributed by atoms with E-state index in [4.69, 9.17) is 4.74 Å². The molecule has 23 heavy (non-hydrogen) atoms. The second kappa shape index (κ2) is 5.62. The predicted octanol–water partition coefficient (Wildman–Crippen LogP) is 3.34. The zero-order valence-corrected chi connectivity index (χ0v) is 14.0. The Hall–Kier alpha value is -2.47. The van der Waals surface area contributed by atoms with Gasteiger partial charge in [-0.05, 0) is 36.8 Å². The van der Waals surface area contributed by atoms with E-state index in [1.54, 1.807) is 43.3 Å². The fraction of sp³-hybridized carbons (Fsp3) is 0.118. The average molecular weight is 374 g/mol. The van der Waals surface area contributed by atoms with Crippen molar-refractivity contribution < 1.29 is 19.1 Å². The van der Waals surface area contributed by atoms with Gasteiger partial charge in [-0.3, -0.25) is 9.59 Å². The van der Waals surface area contributed by atoms with Gasteiger partial charge in [0, 0.05) is 4.47 Å². The van der Waals surface area contributed by atoms with E-state index in [-0.39, 0.29) is 11.3 Å².